The fourth-order valence-corrected chi connectivity index (χ4v) is 2.38. The zero-order valence-electron chi connectivity index (χ0n) is 9.88. The van der Waals surface area contributed by atoms with Crippen LogP contribution in [0.3, 0.4) is 0 Å². The van der Waals surface area contributed by atoms with Gasteiger partial charge in [-0.25, -0.2) is 4.98 Å². The fraction of sp³-hybridized carbons (Fsp3) is 0.417. The van der Waals surface area contributed by atoms with Gasteiger partial charge >= 0.3 is 0 Å². The third-order valence-corrected chi connectivity index (χ3v) is 3.47. The van der Waals surface area contributed by atoms with E-state index in [4.69, 9.17) is 11.6 Å². The van der Waals surface area contributed by atoms with Crippen LogP contribution in [0.15, 0.2) is 24.9 Å². The molecule has 0 radical (unpaired) electrons. The number of nitrogens with zero attached hydrogens (tertiary/aromatic N) is 3. The molecule has 0 atom stereocenters. The molecule has 1 aliphatic rings. The first kappa shape index (κ1) is 12.8. The lowest BCUT2D eigenvalue weighted by Crippen LogP contribution is -2.33. The first-order valence-electron chi connectivity index (χ1n) is 5.79. The van der Waals surface area contributed by atoms with Crippen molar-refractivity contribution in [3.8, 4) is 0 Å². The molecule has 5 nitrogen and oxygen atoms in total. The molecule has 1 aliphatic heterocycles. The maximum Gasteiger partial charge on any atom is 0.289 e. The van der Waals surface area contributed by atoms with Crippen molar-refractivity contribution in [1.29, 1.82) is 0 Å². The zero-order chi connectivity index (χ0) is 13.1. The van der Waals surface area contributed by atoms with Gasteiger partial charge in [0, 0.05) is 19.2 Å². The highest BCUT2D eigenvalue weighted by Gasteiger charge is 2.21. The van der Waals surface area contributed by atoms with Gasteiger partial charge in [-0.3, -0.25) is 10.1 Å². The molecule has 1 aromatic heterocycles. The molecular weight excluding hydrogens is 254 g/mol. The van der Waals surface area contributed by atoms with E-state index in [1.165, 1.54) is 12.3 Å². The number of halogens is 1. The largest absolute Gasteiger partial charge is 0.355 e. The van der Waals surface area contributed by atoms with Crippen LogP contribution in [0.1, 0.15) is 12.8 Å². The first-order valence-corrected chi connectivity index (χ1v) is 6.17. The molecule has 2 rings (SSSR count). The summed E-state index contributed by atoms with van der Waals surface area (Å²) < 4.78 is 0. The van der Waals surface area contributed by atoms with Gasteiger partial charge in [0.05, 0.1) is 9.95 Å². The highest BCUT2D eigenvalue weighted by atomic mass is 35.5. The van der Waals surface area contributed by atoms with E-state index >= 15 is 0 Å². The van der Waals surface area contributed by atoms with Gasteiger partial charge in [0.15, 0.2) is 0 Å². The van der Waals surface area contributed by atoms with E-state index in [1.54, 1.807) is 0 Å². The number of hydrogen-bond acceptors (Lipinski definition) is 4. The molecule has 18 heavy (non-hydrogen) atoms. The van der Waals surface area contributed by atoms with Crippen LogP contribution < -0.4 is 4.90 Å². The number of nitro groups is 1. The third-order valence-electron chi connectivity index (χ3n) is 3.19. The molecule has 96 valence electrons. The van der Waals surface area contributed by atoms with E-state index in [0.29, 0.717) is 16.8 Å². The van der Waals surface area contributed by atoms with Crippen LogP contribution in [0, 0.1) is 16.0 Å². The predicted octanol–water partition coefficient (Wildman–Crippen LogP) is 3.05. The van der Waals surface area contributed by atoms with Crippen molar-refractivity contribution in [2.24, 2.45) is 5.92 Å². The third kappa shape index (κ3) is 2.61. The van der Waals surface area contributed by atoms with Gasteiger partial charge in [0.1, 0.15) is 12.0 Å². The Labute approximate surface area is 110 Å². The van der Waals surface area contributed by atoms with Gasteiger partial charge in [-0.15, -0.1) is 6.58 Å². The minimum atomic E-state index is -0.493. The maximum atomic E-state index is 10.6. The van der Waals surface area contributed by atoms with Gasteiger partial charge in [0.25, 0.3) is 5.69 Å². The SMILES string of the molecule is C=CC1CCN(c2ncc([N+](=O)[O-])cc2Cl)CC1. The van der Waals surface area contributed by atoms with Gasteiger partial charge in [-0.05, 0) is 18.8 Å². The van der Waals surface area contributed by atoms with E-state index in [-0.39, 0.29) is 5.69 Å². The lowest BCUT2D eigenvalue weighted by atomic mass is 9.97. The Balaban J connectivity index is 2.14. The summed E-state index contributed by atoms with van der Waals surface area (Å²) in [6.07, 6.45) is 5.25. The molecule has 6 heteroatoms. The van der Waals surface area contributed by atoms with Crippen molar-refractivity contribution in [3.05, 3.63) is 40.1 Å². The number of pyridine rings is 1. The number of piperidine rings is 1. The van der Waals surface area contributed by atoms with Crippen LogP contribution in [0.2, 0.25) is 5.02 Å². The van der Waals surface area contributed by atoms with E-state index in [9.17, 15) is 10.1 Å². The molecule has 0 N–H and O–H groups in total. The molecule has 0 amide bonds. The second kappa shape index (κ2) is 5.35. The molecule has 1 fully saturated rings. The highest BCUT2D eigenvalue weighted by Crippen LogP contribution is 2.30. The normalized spacial score (nSPS) is 16.6. The molecular formula is C12H14ClN3O2. The summed E-state index contributed by atoms with van der Waals surface area (Å²) in [5, 5.41) is 10.9. The molecule has 0 spiro atoms. The summed E-state index contributed by atoms with van der Waals surface area (Å²) in [5.41, 5.74) is -0.0790. The minimum absolute atomic E-state index is 0.0790. The molecule has 0 unspecified atom stereocenters. The summed E-state index contributed by atoms with van der Waals surface area (Å²) in [4.78, 5) is 16.3. The standard InChI is InChI=1S/C12H14ClN3O2/c1-2-9-3-5-15(6-4-9)12-11(13)7-10(8-14-12)16(17)18/h2,7-9H,1,3-6H2. The summed E-state index contributed by atoms with van der Waals surface area (Å²) in [6.45, 7) is 5.49. The van der Waals surface area contributed by atoms with E-state index in [0.717, 1.165) is 25.9 Å². The van der Waals surface area contributed by atoms with E-state index in [1.807, 2.05) is 6.08 Å². The van der Waals surface area contributed by atoms with Crippen LogP contribution in [-0.2, 0) is 0 Å². The Bertz CT molecular complexity index is 470. The molecule has 2 heterocycles. The van der Waals surface area contributed by atoms with Crippen molar-refractivity contribution in [3.63, 3.8) is 0 Å². The second-order valence-corrected chi connectivity index (χ2v) is 4.72. The minimum Gasteiger partial charge on any atom is -0.355 e. The van der Waals surface area contributed by atoms with Gasteiger partial charge in [-0.2, -0.15) is 0 Å². The van der Waals surface area contributed by atoms with Crippen molar-refractivity contribution in [1.82, 2.24) is 4.98 Å². The monoisotopic (exact) mass is 267 g/mol. The Morgan fingerprint density at radius 1 is 1.56 bits per heavy atom. The lowest BCUT2D eigenvalue weighted by Gasteiger charge is -2.31. The van der Waals surface area contributed by atoms with Crippen molar-refractivity contribution in [2.75, 3.05) is 18.0 Å². The van der Waals surface area contributed by atoms with Crippen molar-refractivity contribution >= 4 is 23.1 Å². The molecule has 0 aromatic carbocycles. The lowest BCUT2D eigenvalue weighted by molar-refractivity contribution is -0.385. The number of rotatable bonds is 3. The Morgan fingerprint density at radius 3 is 2.72 bits per heavy atom. The fourth-order valence-electron chi connectivity index (χ4n) is 2.10. The molecule has 0 aliphatic carbocycles. The molecule has 0 saturated carbocycles. The van der Waals surface area contributed by atoms with Gasteiger partial charge < -0.3 is 4.90 Å². The van der Waals surface area contributed by atoms with Crippen molar-refractivity contribution < 1.29 is 4.92 Å². The van der Waals surface area contributed by atoms with Crippen molar-refractivity contribution in [2.45, 2.75) is 12.8 Å². The summed E-state index contributed by atoms with van der Waals surface area (Å²) in [5.74, 6) is 1.17. The van der Waals surface area contributed by atoms with E-state index in [2.05, 4.69) is 16.5 Å². The summed E-state index contributed by atoms with van der Waals surface area (Å²) in [7, 11) is 0. The summed E-state index contributed by atoms with van der Waals surface area (Å²) in [6, 6.07) is 1.35. The Hall–Kier alpha value is -1.62. The molecule has 0 bridgehead atoms. The highest BCUT2D eigenvalue weighted by molar-refractivity contribution is 6.33. The average Bonchev–Trinajstić information content (AvgIpc) is 2.38. The van der Waals surface area contributed by atoms with Gasteiger partial charge in [-0.1, -0.05) is 17.7 Å². The average molecular weight is 268 g/mol. The van der Waals surface area contributed by atoms with Crippen LogP contribution >= 0.6 is 11.6 Å². The zero-order valence-corrected chi connectivity index (χ0v) is 10.6. The quantitative estimate of drug-likeness (QED) is 0.480. The molecule has 1 aromatic rings. The van der Waals surface area contributed by atoms with E-state index < -0.39 is 4.92 Å². The second-order valence-electron chi connectivity index (χ2n) is 4.32. The number of hydrogen-bond donors (Lipinski definition) is 0. The first-order chi connectivity index (χ1) is 8.61. The number of allylic oxidation sites excluding steroid dienone is 1. The topological polar surface area (TPSA) is 59.3 Å². The van der Waals surface area contributed by atoms with Crippen LogP contribution in [0.5, 0.6) is 0 Å². The summed E-state index contributed by atoms with van der Waals surface area (Å²) >= 11 is 6.05. The number of anilines is 1. The number of aromatic nitrogens is 1. The van der Waals surface area contributed by atoms with Gasteiger partial charge in [0.2, 0.25) is 0 Å². The molecule has 1 saturated heterocycles. The van der Waals surface area contributed by atoms with Crippen LogP contribution in [0.4, 0.5) is 11.5 Å². The Kier molecular flexibility index (Phi) is 3.81. The van der Waals surface area contributed by atoms with Crippen LogP contribution in [-0.4, -0.2) is 23.0 Å². The predicted molar refractivity (Wildman–Crippen MR) is 71.0 cm³/mol. The maximum absolute atomic E-state index is 10.6. The Morgan fingerprint density at radius 2 is 2.22 bits per heavy atom. The smallest absolute Gasteiger partial charge is 0.289 e. The van der Waals surface area contributed by atoms with Crippen LogP contribution in [0.25, 0.3) is 0 Å².